The van der Waals surface area contributed by atoms with E-state index in [1.165, 1.54) is 20.8 Å². The molecular weight excluding hydrogens is 818 g/mol. The second-order valence-corrected chi connectivity index (χ2v) is 13.3. The maximum absolute atomic E-state index is 14.5. The normalized spacial score (nSPS) is 20.9. The number of alkyl halides is 9. The Morgan fingerprint density at radius 2 is 1.44 bits per heavy atom. The number of aliphatic hydroxyl groups excluding tert-OH is 1. The summed E-state index contributed by atoms with van der Waals surface area (Å²) in [5.74, 6) is -0.0709. The zero-order valence-electron chi connectivity index (χ0n) is 28.6. The van der Waals surface area contributed by atoms with Crippen molar-refractivity contribution in [2.45, 2.75) is 49.7 Å². The Balaban J connectivity index is 0.000000756. The van der Waals surface area contributed by atoms with Crippen molar-refractivity contribution in [2.75, 3.05) is 45.9 Å². The van der Waals surface area contributed by atoms with E-state index in [9.17, 15) is 49.4 Å². The predicted octanol–water partition coefficient (Wildman–Crippen LogP) is 8.99. The predicted molar refractivity (Wildman–Crippen MR) is 188 cm³/mol. The number of carbonyl (C=O) groups is 1. The highest BCUT2D eigenvalue weighted by molar-refractivity contribution is 6.30. The number of amides is 2. The van der Waals surface area contributed by atoms with Crippen LogP contribution in [-0.2, 0) is 10.9 Å². The van der Waals surface area contributed by atoms with E-state index < -0.39 is 61.0 Å². The summed E-state index contributed by atoms with van der Waals surface area (Å²) in [4.78, 5) is 23.7. The van der Waals surface area contributed by atoms with Crippen LogP contribution in [0.15, 0.2) is 71.7 Å². The van der Waals surface area contributed by atoms with Gasteiger partial charge in [0.1, 0.15) is 17.6 Å². The molecule has 8 nitrogen and oxygen atoms in total. The van der Waals surface area contributed by atoms with Crippen molar-refractivity contribution >= 4 is 47.5 Å². The molecule has 302 valence electrons. The molecule has 0 spiro atoms. The van der Waals surface area contributed by atoms with Crippen LogP contribution in [0.2, 0.25) is 10.0 Å². The van der Waals surface area contributed by atoms with E-state index in [0.29, 0.717) is 21.2 Å². The van der Waals surface area contributed by atoms with Gasteiger partial charge in [-0.15, -0.1) is 12.4 Å². The highest BCUT2D eigenvalue weighted by Gasteiger charge is 2.49. The number of benzene rings is 3. The van der Waals surface area contributed by atoms with Gasteiger partial charge in [0, 0.05) is 42.8 Å². The molecule has 0 bridgehead atoms. The van der Waals surface area contributed by atoms with Crippen LogP contribution in [0.5, 0.6) is 5.75 Å². The number of carbonyl (C=O) groups excluding carboxylic acids is 1. The number of piperazine rings is 1. The van der Waals surface area contributed by atoms with E-state index in [4.69, 9.17) is 32.9 Å². The number of hydrogen-bond acceptors (Lipinski definition) is 6. The molecule has 3 aliphatic heterocycles. The molecule has 0 aromatic heterocycles. The maximum Gasteiger partial charge on any atom is 0.416 e. The van der Waals surface area contributed by atoms with Gasteiger partial charge in [0.15, 0.2) is 12.2 Å². The van der Waals surface area contributed by atoms with E-state index in [1.807, 2.05) is 0 Å². The van der Waals surface area contributed by atoms with E-state index >= 15 is 0 Å². The minimum atomic E-state index is -4.78. The smallest absolute Gasteiger partial charge is 0.416 e. The fourth-order valence-electron chi connectivity index (χ4n) is 5.87. The first kappa shape index (κ1) is 44.2. The Kier molecular flexibility index (Phi) is 14.3. The molecule has 0 saturated carbocycles. The van der Waals surface area contributed by atoms with Gasteiger partial charge in [-0.3, -0.25) is 14.8 Å². The Morgan fingerprint density at radius 3 is 1.89 bits per heavy atom. The summed E-state index contributed by atoms with van der Waals surface area (Å²) >= 11 is 12.3. The van der Waals surface area contributed by atoms with Gasteiger partial charge < -0.3 is 19.5 Å². The first-order valence-electron chi connectivity index (χ1n) is 16.4. The molecule has 2 fully saturated rings. The van der Waals surface area contributed by atoms with Crippen molar-refractivity contribution in [1.29, 1.82) is 0 Å². The van der Waals surface area contributed by atoms with Gasteiger partial charge in [0.25, 0.3) is 0 Å². The molecular formula is C35H34Cl3F9N4O4. The number of hydrogen-bond donors (Lipinski definition) is 1. The Hall–Kier alpha value is -3.48. The quantitative estimate of drug-likeness (QED) is 0.190. The van der Waals surface area contributed by atoms with Gasteiger partial charge in [0.2, 0.25) is 0 Å². The van der Waals surface area contributed by atoms with Gasteiger partial charge in [-0.1, -0.05) is 47.5 Å². The standard InChI is InChI=1S/C32H30Cl2F6N4O3.C3H3F3O.ClH/c1-2-47-25-17-21(31(35,36)37)7-12-24(25)29-41-27(19-3-8-22(33)9-4-19)28(20-5-10-23(34)11-6-20)44(29)30(46)43-15-13-42(14-16-43)18-26(45)32(38,39)40;4-3(5,6)2-1-7-2;/h3-12,17,26-28,45H,2,13-16,18H2,1H3;2H,1H2;1H. The Morgan fingerprint density at radius 1 is 0.891 bits per heavy atom. The van der Waals surface area contributed by atoms with Crippen LogP contribution in [0.3, 0.4) is 0 Å². The highest BCUT2D eigenvalue weighted by Crippen LogP contribution is 2.46. The number of β-amino-alcohol motifs (C(OH)–C–C–N with tert-alkyl or cyclic N) is 1. The van der Waals surface area contributed by atoms with Gasteiger partial charge in [-0.25, -0.2) is 4.79 Å². The van der Waals surface area contributed by atoms with Crippen LogP contribution in [0.25, 0.3) is 0 Å². The van der Waals surface area contributed by atoms with Crippen molar-refractivity contribution in [3.05, 3.63) is 99.0 Å². The molecule has 3 aliphatic rings. The Bertz CT molecular complexity index is 1780. The molecule has 0 aliphatic carbocycles. The Labute approximate surface area is 325 Å². The van der Waals surface area contributed by atoms with Gasteiger partial charge in [0.05, 0.1) is 30.4 Å². The van der Waals surface area contributed by atoms with E-state index in [2.05, 4.69) is 4.74 Å². The molecule has 55 heavy (non-hydrogen) atoms. The van der Waals surface area contributed by atoms with Crippen molar-refractivity contribution < 1.29 is 58.9 Å². The number of epoxide rings is 1. The molecule has 3 aromatic carbocycles. The number of aliphatic hydroxyl groups is 1. The summed E-state index contributed by atoms with van der Waals surface area (Å²) in [6, 6.07) is 14.4. The largest absolute Gasteiger partial charge is 0.493 e. The second-order valence-electron chi connectivity index (χ2n) is 12.4. The number of halogens is 12. The third-order valence-corrected chi connectivity index (χ3v) is 9.20. The van der Waals surface area contributed by atoms with Crippen molar-refractivity contribution in [1.82, 2.24) is 14.7 Å². The van der Waals surface area contributed by atoms with Crippen molar-refractivity contribution in [3.8, 4) is 5.75 Å². The minimum absolute atomic E-state index is 0. The molecule has 6 rings (SSSR count). The number of nitrogens with zero attached hydrogens (tertiary/aromatic N) is 4. The average molecular weight is 852 g/mol. The first-order chi connectivity index (χ1) is 25.3. The monoisotopic (exact) mass is 850 g/mol. The average Bonchev–Trinajstić information content (AvgIpc) is 3.90. The lowest BCUT2D eigenvalue weighted by Crippen LogP contribution is -2.55. The molecule has 2 saturated heterocycles. The summed E-state index contributed by atoms with van der Waals surface area (Å²) in [5.41, 5.74) is 0.494. The fraction of sp³-hybridized carbons (Fsp3) is 0.429. The van der Waals surface area contributed by atoms with E-state index in [0.717, 1.165) is 12.1 Å². The minimum Gasteiger partial charge on any atom is -0.493 e. The lowest BCUT2D eigenvalue weighted by Gasteiger charge is -2.39. The number of urea groups is 1. The molecule has 3 aromatic rings. The molecule has 3 heterocycles. The van der Waals surface area contributed by atoms with Crippen molar-refractivity contribution in [3.63, 3.8) is 0 Å². The lowest BCUT2D eigenvalue weighted by molar-refractivity contribution is -0.208. The molecule has 1 N–H and O–H groups in total. The zero-order valence-corrected chi connectivity index (χ0v) is 31.0. The molecule has 2 amide bonds. The first-order valence-corrected chi connectivity index (χ1v) is 17.2. The molecule has 20 heteroatoms. The highest BCUT2D eigenvalue weighted by atomic mass is 35.5. The van der Waals surface area contributed by atoms with Crippen molar-refractivity contribution in [2.24, 2.45) is 4.99 Å². The third-order valence-electron chi connectivity index (χ3n) is 8.70. The number of aliphatic imine (C=N–C) groups is 1. The van der Waals surface area contributed by atoms with Crippen LogP contribution >= 0.6 is 35.6 Å². The molecule has 4 atom stereocenters. The summed E-state index contributed by atoms with van der Waals surface area (Å²) < 4.78 is 123. The van der Waals surface area contributed by atoms with Gasteiger partial charge in [-0.2, -0.15) is 39.5 Å². The van der Waals surface area contributed by atoms with Crippen LogP contribution in [0.1, 0.15) is 41.3 Å². The molecule has 0 radical (unpaired) electrons. The summed E-state index contributed by atoms with van der Waals surface area (Å²) in [5, 5.41) is 10.4. The van der Waals surface area contributed by atoms with E-state index in [-0.39, 0.29) is 68.9 Å². The van der Waals surface area contributed by atoms with Crippen LogP contribution < -0.4 is 4.74 Å². The number of ether oxygens (including phenoxy) is 2. The van der Waals surface area contributed by atoms with Crippen LogP contribution in [-0.4, -0.2) is 102 Å². The number of amidine groups is 1. The molecule has 4 unspecified atom stereocenters. The van der Waals surface area contributed by atoms with Crippen LogP contribution in [0, 0.1) is 0 Å². The number of rotatable bonds is 7. The topological polar surface area (TPSA) is 81.1 Å². The summed E-state index contributed by atoms with van der Waals surface area (Å²) in [6.45, 7) is 1.01. The SMILES string of the molecule is CCOc1cc(C(F)(F)F)ccc1C1=NC(c2ccc(Cl)cc2)C(c2ccc(Cl)cc2)N1C(=O)N1CCN(CC(O)C(F)(F)F)CC1.Cl.FC(F)(F)C1CO1. The van der Waals surface area contributed by atoms with E-state index in [1.54, 1.807) is 55.5 Å². The summed E-state index contributed by atoms with van der Waals surface area (Å²) in [7, 11) is 0. The third kappa shape index (κ3) is 11.1. The fourth-order valence-corrected chi connectivity index (χ4v) is 6.12. The summed E-state index contributed by atoms with van der Waals surface area (Å²) in [6.07, 6.45) is -17.5. The maximum atomic E-state index is 14.5. The van der Waals surface area contributed by atoms with Crippen LogP contribution in [0.4, 0.5) is 44.3 Å². The van der Waals surface area contributed by atoms with Gasteiger partial charge in [-0.05, 0) is 60.5 Å². The lowest BCUT2D eigenvalue weighted by atomic mass is 9.93. The van der Waals surface area contributed by atoms with Gasteiger partial charge >= 0.3 is 24.6 Å². The zero-order chi connectivity index (χ0) is 39.6. The second kappa shape index (κ2) is 17.8.